The van der Waals surface area contributed by atoms with Crippen LogP contribution in [0.3, 0.4) is 0 Å². The van der Waals surface area contributed by atoms with Crippen LogP contribution in [0.2, 0.25) is 0 Å². The second-order valence-electron chi connectivity index (χ2n) is 5.16. The van der Waals surface area contributed by atoms with E-state index < -0.39 is 0 Å². The van der Waals surface area contributed by atoms with Crippen molar-refractivity contribution in [3.63, 3.8) is 0 Å². The first-order chi connectivity index (χ1) is 8.62. The van der Waals surface area contributed by atoms with Crippen molar-refractivity contribution < 1.29 is 0 Å². The second-order valence-corrected chi connectivity index (χ2v) is 5.16. The fraction of sp³-hybridized carbons (Fsp3) is 0.500. The Balaban J connectivity index is 1.93. The molecule has 0 saturated heterocycles. The van der Waals surface area contributed by atoms with Crippen LogP contribution in [0, 0.1) is 0 Å². The lowest BCUT2D eigenvalue weighted by molar-refractivity contribution is 0.0700. The van der Waals surface area contributed by atoms with Gasteiger partial charge in [0.15, 0.2) is 5.96 Å². The van der Waals surface area contributed by atoms with Crippen LogP contribution < -0.4 is 11.1 Å². The Kier molecular flexibility index (Phi) is 3.87. The molecule has 0 bridgehead atoms. The van der Waals surface area contributed by atoms with Gasteiger partial charge < -0.3 is 16.0 Å². The van der Waals surface area contributed by atoms with Crippen LogP contribution in [0.5, 0.6) is 0 Å². The average molecular weight is 246 g/mol. The van der Waals surface area contributed by atoms with Gasteiger partial charge in [0.05, 0.1) is 6.54 Å². The lowest BCUT2D eigenvalue weighted by Crippen LogP contribution is -2.52. The Bertz CT molecular complexity index is 407. The minimum absolute atomic E-state index is 0.225. The number of rotatable bonds is 4. The van der Waals surface area contributed by atoms with Gasteiger partial charge in [-0.05, 0) is 45.5 Å². The van der Waals surface area contributed by atoms with Crippen molar-refractivity contribution in [3.8, 4) is 0 Å². The Morgan fingerprint density at radius 3 is 2.50 bits per heavy atom. The highest BCUT2D eigenvalue weighted by atomic mass is 15.2. The highest BCUT2D eigenvalue weighted by molar-refractivity contribution is 5.92. The van der Waals surface area contributed by atoms with Crippen LogP contribution in [0.15, 0.2) is 35.3 Å². The lowest BCUT2D eigenvalue weighted by atomic mass is 9.76. The van der Waals surface area contributed by atoms with Crippen LogP contribution >= 0.6 is 0 Å². The van der Waals surface area contributed by atoms with Crippen molar-refractivity contribution in [1.29, 1.82) is 0 Å². The highest BCUT2D eigenvalue weighted by Crippen LogP contribution is 2.36. The SMILES string of the molecule is CN(C)C1(CN=C(N)Nc2ccccc2)CCC1. The average Bonchev–Trinajstić information content (AvgIpc) is 2.28. The third kappa shape index (κ3) is 2.82. The van der Waals surface area contributed by atoms with E-state index in [1.165, 1.54) is 19.3 Å². The summed E-state index contributed by atoms with van der Waals surface area (Å²) >= 11 is 0. The molecule has 0 radical (unpaired) electrons. The van der Waals surface area contributed by atoms with Gasteiger partial charge in [0.2, 0.25) is 0 Å². The molecule has 0 heterocycles. The molecule has 4 nitrogen and oxygen atoms in total. The van der Waals surface area contributed by atoms with Crippen molar-refractivity contribution in [3.05, 3.63) is 30.3 Å². The molecule has 4 heteroatoms. The quantitative estimate of drug-likeness (QED) is 0.630. The van der Waals surface area contributed by atoms with Crippen LogP contribution in [0.4, 0.5) is 5.69 Å². The van der Waals surface area contributed by atoms with Crippen molar-refractivity contribution >= 4 is 11.6 Å². The fourth-order valence-electron chi connectivity index (χ4n) is 2.27. The zero-order valence-electron chi connectivity index (χ0n) is 11.2. The Morgan fingerprint density at radius 2 is 2.00 bits per heavy atom. The number of guanidine groups is 1. The number of hydrogen-bond donors (Lipinski definition) is 2. The topological polar surface area (TPSA) is 53.6 Å². The van der Waals surface area contributed by atoms with E-state index in [9.17, 15) is 0 Å². The first-order valence-corrected chi connectivity index (χ1v) is 6.42. The van der Waals surface area contributed by atoms with E-state index in [1.807, 2.05) is 30.3 Å². The first kappa shape index (κ1) is 12.9. The van der Waals surface area contributed by atoms with Crippen LogP contribution in [0.1, 0.15) is 19.3 Å². The number of nitrogens with one attached hydrogen (secondary N) is 1. The molecule has 2 rings (SSSR count). The molecule has 1 saturated carbocycles. The Hall–Kier alpha value is -1.55. The maximum Gasteiger partial charge on any atom is 0.193 e. The molecule has 0 spiro atoms. The van der Waals surface area contributed by atoms with Gasteiger partial charge in [-0.3, -0.25) is 4.99 Å². The van der Waals surface area contributed by atoms with Crippen molar-refractivity contribution in [2.45, 2.75) is 24.8 Å². The summed E-state index contributed by atoms with van der Waals surface area (Å²) in [5, 5.41) is 3.11. The van der Waals surface area contributed by atoms with Gasteiger partial charge in [-0.25, -0.2) is 0 Å². The molecule has 0 atom stereocenters. The molecule has 18 heavy (non-hydrogen) atoms. The summed E-state index contributed by atoms with van der Waals surface area (Å²) in [4.78, 5) is 6.75. The van der Waals surface area contributed by atoms with E-state index >= 15 is 0 Å². The third-order valence-electron chi connectivity index (χ3n) is 3.82. The monoisotopic (exact) mass is 246 g/mol. The fourth-order valence-corrected chi connectivity index (χ4v) is 2.27. The van der Waals surface area contributed by atoms with Gasteiger partial charge >= 0.3 is 0 Å². The molecule has 0 unspecified atom stereocenters. The van der Waals surface area contributed by atoms with Crippen LogP contribution in [-0.4, -0.2) is 37.0 Å². The van der Waals surface area contributed by atoms with Gasteiger partial charge in [-0.1, -0.05) is 18.2 Å². The van der Waals surface area contributed by atoms with Crippen LogP contribution in [-0.2, 0) is 0 Å². The third-order valence-corrected chi connectivity index (χ3v) is 3.82. The second kappa shape index (κ2) is 5.40. The summed E-state index contributed by atoms with van der Waals surface area (Å²) < 4.78 is 0. The van der Waals surface area contributed by atoms with E-state index in [0.29, 0.717) is 5.96 Å². The Morgan fingerprint density at radius 1 is 1.33 bits per heavy atom. The van der Waals surface area contributed by atoms with Crippen molar-refractivity contribution in [2.75, 3.05) is 26.0 Å². The van der Waals surface area contributed by atoms with Gasteiger partial charge in [0.1, 0.15) is 0 Å². The summed E-state index contributed by atoms with van der Waals surface area (Å²) in [6.45, 7) is 0.770. The predicted molar refractivity (Wildman–Crippen MR) is 76.8 cm³/mol. The van der Waals surface area contributed by atoms with Crippen molar-refractivity contribution in [1.82, 2.24) is 4.90 Å². The minimum atomic E-state index is 0.225. The standard InChI is InChI=1S/C14H22N4/c1-18(2)14(9-6-10-14)11-16-13(15)17-12-7-4-3-5-8-12/h3-5,7-8H,6,9-11H2,1-2H3,(H3,15,16,17). The van der Waals surface area contributed by atoms with E-state index in [2.05, 4.69) is 29.3 Å². The summed E-state index contributed by atoms with van der Waals surface area (Å²) in [7, 11) is 4.24. The Labute approximate surface area is 109 Å². The number of anilines is 1. The molecule has 3 N–H and O–H groups in total. The normalized spacial score (nSPS) is 18.5. The molecule has 0 aliphatic heterocycles. The van der Waals surface area contributed by atoms with E-state index in [-0.39, 0.29) is 5.54 Å². The van der Waals surface area contributed by atoms with Gasteiger partial charge in [0.25, 0.3) is 0 Å². The van der Waals surface area contributed by atoms with Gasteiger partial charge in [-0.2, -0.15) is 0 Å². The minimum Gasteiger partial charge on any atom is -0.370 e. The maximum atomic E-state index is 5.91. The molecule has 1 aromatic carbocycles. The van der Waals surface area contributed by atoms with Gasteiger partial charge in [0, 0.05) is 11.2 Å². The number of nitrogens with two attached hydrogens (primary N) is 1. The molecule has 1 fully saturated rings. The molecular weight excluding hydrogens is 224 g/mol. The number of aliphatic imine (C=N–C) groups is 1. The highest BCUT2D eigenvalue weighted by Gasteiger charge is 2.38. The van der Waals surface area contributed by atoms with E-state index in [4.69, 9.17) is 5.73 Å². The van der Waals surface area contributed by atoms with Crippen LogP contribution in [0.25, 0.3) is 0 Å². The molecule has 1 aliphatic rings. The predicted octanol–water partition coefficient (Wildman–Crippen LogP) is 1.90. The molecule has 1 aromatic rings. The number of para-hydroxylation sites is 1. The summed E-state index contributed by atoms with van der Waals surface area (Å²) in [5.74, 6) is 0.495. The zero-order chi connectivity index (χ0) is 13.0. The number of likely N-dealkylation sites (N-methyl/N-ethyl adjacent to an activating group) is 1. The first-order valence-electron chi connectivity index (χ1n) is 6.42. The maximum absolute atomic E-state index is 5.91. The number of hydrogen-bond acceptors (Lipinski definition) is 2. The van der Waals surface area contributed by atoms with E-state index in [1.54, 1.807) is 0 Å². The van der Waals surface area contributed by atoms with Gasteiger partial charge in [-0.15, -0.1) is 0 Å². The zero-order valence-corrected chi connectivity index (χ0v) is 11.2. The molecule has 1 aliphatic carbocycles. The summed E-state index contributed by atoms with van der Waals surface area (Å²) in [6, 6.07) is 9.89. The molecule has 0 amide bonds. The lowest BCUT2D eigenvalue weighted by Gasteiger charge is -2.46. The molecular formula is C14H22N4. The van der Waals surface area contributed by atoms with E-state index in [0.717, 1.165) is 12.2 Å². The summed E-state index contributed by atoms with van der Waals surface area (Å²) in [6.07, 6.45) is 3.71. The number of benzene rings is 1. The molecule has 0 aromatic heterocycles. The van der Waals surface area contributed by atoms with Crippen molar-refractivity contribution in [2.24, 2.45) is 10.7 Å². The smallest absolute Gasteiger partial charge is 0.193 e. The summed E-state index contributed by atoms with van der Waals surface area (Å²) in [5.41, 5.74) is 7.12. The molecule has 98 valence electrons. The number of nitrogens with zero attached hydrogens (tertiary/aromatic N) is 2. The largest absolute Gasteiger partial charge is 0.370 e.